The van der Waals surface area contributed by atoms with Gasteiger partial charge in [0.15, 0.2) is 0 Å². The Labute approximate surface area is 129 Å². The van der Waals surface area contributed by atoms with Crippen LogP contribution in [0.25, 0.3) is 0 Å². The highest BCUT2D eigenvalue weighted by Gasteiger charge is 2.14. The van der Waals surface area contributed by atoms with Crippen molar-refractivity contribution in [2.75, 3.05) is 11.4 Å². The largest absolute Gasteiger partial charge is 0.368 e. The summed E-state index contributed by atoms with van der Waals surface area (Å²) >= 11 is 6.48. The van der Waals surface area contributed by atoms with Gasteiger partial charge in [0, 0.05) is 18.6 Å². The van der Waals surface area contributed by atoms with Crippen molar-refractivity contribution in [3.05, 3.63) is 28.8 Å². The monoisotopic (exact) mass is 296 g/mol. The average molecular weight is 297 g/mol. The predicted octanol–water partition coefficient (Wildman–Crippen LogP) is 4.63. The van der Waals surface area contributed by atoms with Gasteiger partial charge in [0.2, 0.25) is 0 Å². The van der Waals surface area contributed by atoms with E-state index in [2.05, 4.69) is 43.9 Å². The standard InChI is InChI=1S/C17H29ClN2/c1-5-6-7-10-20(13(2)3)17-9-8-15(11-14(4)19)12-16(17)18/h8-9,12-14H,5-7,10-11,19H2,1-4H3. The van der Waals surface area contributed by atoms with Crippen molar-refractivity contribution < 1.29 is 0 Å². The maximum Gasteiger partial charge on any atom is 0.0642 e. The summed E-state index contributed by atoms with van der Waals surface area (Å²) in [4.78, 5) is 2.40. The molecule has 3 heteroatoms. The van der Waals surface area contributed by atoms with Crippen LogP contribution in [0.3, 0.4) is 0 Å². The molecule has 2 nitrogen and oxygen atoms in total. The minimum absolute atomic E-state index is 0.169. The lowest BCUT2D eigenvalue weighted by Gasteiger charge is -2.30. The third-order valence-corrected chi connectivity index (χ3v) is 3.81. The van der Waals surface area contributed by atoms with Crippen LogP contribution in [0.1, 0.15) is 52.5 Å². The first-order valence-electron chi connectivity index (χ1n) is 7.76. The van der Waals surface area contributed by atoms with Gasteiger partial charge in [-0.2, -0.15) is 0 Å². The maximum atomic E-state index is 6.48. The van der Waals surface area contributed by atoms with E-state index in [1.165, 1.54) is 24.8 Å². The van der Waals surface area contributed by atoms with E-state index in [9.17, 15) is 0 Å². The number of nitrogens with zero attached hydrogens (tertiary/aromatic N) is 1. The highest BCUT2D eigenvalue weighted by Crippen LogP contribution is 2.29. The van der Waals surface area contributed by atoms with E-state index >= 15 is 0 Å². The molecule has 0 spiro atoms. The van der Waals surface area contributed by atoms with Crippen LogP contribution in [0, 0.1) is 0 Å². The van der Waals surface area contributed by atoms with Crippen molar-refractivity contribution in [2.45, 2.75) is 65.5 Å². The fourth-order valence-electron chi connectivity index (χ4n) is 2.47. The fourth-order valence-corrected chi connectivity index (χ4v) is 2.78. The molecule has 1 rings (SSSR count). The summed E-state index contributed by atoms with van der Waals surface area (Å²) in [6.07, 6.45) is 4.60. The number of benzene rings is 1. The molecule has 0 aromatic heterocycles. The molecule has 0 heterocycles. The summed E-state index contributed by atoms with van der Waals surface area (Å²) in [6, 6.07) is 6.99. The molecular formula is C17H29ClN2. The Hall–Kier alpha value is -0.730. The number of halogens is 1. The normalized spacial score (nSPS) is 12.8. The quantitative estimate of drug-likeness (QED) is 0.708. The summed E-state index contributed by atoms with van der Waals surface area (Å²) in [5.74, 6) is 0. The first-order chi connectivity index (χ1) is 9.45. The Morgan fingerprint density at radius 2 is 1.90 bits per heavy atom. The number of unbranched alkanes of at least 4 members (excludes halogenated alkanes) is 2. The van der Waals surface area contributed by atoms with E-state index in [0.717, 1.165) is 23.7 Å². The van der Waals surface area contributed by atoms with Gasteiger partial charge in [-0.1, -0.05) is 37.4 Å². The molecule has 20 heavy (non-hydrogen) atoms. The fraction of sp³-hybridized carbons (Fsp3) is 0.647. The molecule has 0 radical (unpaired) electrons. The maximum absolute atomic E-state index is 6.48. The topological polar surface area (TPSA) is 29.3 Å². The average Bonchev–Trinajstić information content (AvgIpc) is 2.35. The SMILES string of the molecule is CCCCCN(c1ccc(CC(C)N)cc1Cl)C(C)C. The van der Waals surface area contributed by atoms with E-state index in [0.29, 0.717) is 6.04 Å². The molecule has 0 fully saturated rings. The van der Waals surface area contributed by atoms with Crippen LogP contribution in [0.15, 0.2) is 18.2 Å². The van der Waals surface area contributed by atoms with Crippen LogP contribution in [-0.4, -0.2) is 18.6 Å². The van der Waals surface area contributed by atoms with Gasteiger partial charge < -0.3 is 10.6 Å². The Kier molecular flexibility index (Phi) is 7.39. The first kappa shape index (κ1) is 17.3. The van der Waals surface area contributed by atoms with Gasteiger partial charge in [-0.05, 0) is 51.3 Å². The van der Waals surface area contributed by atoms with Crippen molar-refractivity contribution in [2.24, 2.45) is 5.73 Å². The van der Waals surface area contributed by atoms with Crippen molar-refractivity contribution >= 4 is 17.3 Å². The van der Waals surface area contributed by atoms with Gasteiger partial charge in [0.25, 0.3) is 0 Å². The zero-order valence-electron chi connectivity index (χ0n) is 13.3. The van der Waals surface area contributed by atoms with Gasteiger partial charge in [-0.3, -0.25) is 0 Å². The lowest BCUT2D eigenvalue weighted by Crippen LogP contribution is -2.32. The third-order valence-electron chi connectivity index (χ3n) is 3.51. The molecule has 1 aromatic rings. The Bertz CT molecular complexity index is 402. The molecular weight excluding hydrogens is 268 g/mol. The predicted molar refractivity (Wildman–Crippen MR) is 90.8 cm³/mol. The van der Waals surface area contributed by atoms with Crippen molar-refractivity contribution in [3.8, 4) is 0 Å². The summed E-state index contributed by atoms with van der Waals surface area (Å²) in [7, 11) is 0. The molecule has 0 aliphatic carbocycles. The van der Waals surface area contributed by atoms with E-state index in [4.69, 9.17) is 17.3 Å². The van der Waals surface area contributed by atoms with Crippen molar-refractivity contribution in [1.29, 1.82) is 0 Å². The zero-order chi connectivity index (χ0) is 15.1. The molecule has 0 aliphatic rings. The first-order valence-corrected chi connectivity index (χ1v) is 8.14. The second-order valence-electron chi connectivity index (χ2n) is 5.96. The highest BCUT2D eigenvalue weighted by molar-refractivity contribution is 6.33. The second kappa shape index (κ2) is 8.53. The van der Waals surface area contributed by atoms with Crippen LogP contribution in [0.5, 0.6) is 0 Å². The molecule has 0 saturated heterocycles. The Balaban J connectivity index is 2.85. The van der Waals surface area contributed by atoms with Crippen LogP contribution >= 0.6 is 11.6 Å². The van der Waals surface area contributed by atoms with E-state index in [1.807, 2.05) is 6.92 Å². The van der Waals surface area contributed by atoms with Crippen LogP contribution < -0.4 is 10.6 Å². The summed E-state index contributed by atoms with van der Waals surface area (Å²) in [6.45, 7) is 9.76. The molecule has 0 aliphatic heterocycles. The van der Waals surface area contributed by atoms with E-state index < -0.39 is 0 Å². The number of hydrogen-bond donors (Lipinski definition) is 1. The van der Waals surface area contributed by atoms with Crippen molar-refractivity contribution in [1.82, 2.24) is 0 Å². The smallest absolute Gasteiger partial charge is 0.0642 e. The second-order valence-corrected chi connectivity index (χ2v) is 6.37. The molecule has 0 saturated carbocycles. The minimum Gasteiger partial charge on any atom is -0.368 e. The molecule has 1 atom stereocenters. The van der Waals surface area contributed by atoms with Gasteiger partial charge in [0.1, 0.15) is 0 Å². The minimum atomic E-state index is 0.169. The lowest BCUT2D eigenvalue weighted by atomic mass is 10.1. The zero-order valence-corrected chi connectivity index (χ0v) is 14.1. The molecule has 114 valence electrons. The molecule has 1 unspecified atom stereocenters. The Morgan fingerprint density at radius 1 is 1.20 bits per heavy atom. The summed E-state index contributed by atoms with van der Waals surface area (Å²) < 4.78 is 0. The van der Waals surface area contributed by atoms with Gasteiger partial charge >= 0.3 is 0 Å². The molecule has 1 aromatic carbocycles. The number of rotatable bonds is 8. The van der Waals surface area contributed by atoms with Crippen LogP contribution in [0.4, 0.5) is 5.69 Å². The number of nitrogens with two attached hydrogens (primary N) is 1. The molecule has 2 N–H and O–H groups in total. The number of hydrogen-bond acceptors (Lipinski definition) is 2. The summed E-state index contributed by atoms with van der Waals surface area (Å²) in [5, 5.41) is 0.841. The third kappa shape index (κ3) is 5.34. The molecule has 0 bridgehead atoms. The van der Waals surface area contributed by atoms with Gasteiger partial charge in [-0.15, -0.1) is 0 Å². The lowest BCUT2D eigenvalue weighted by molar-refractivity contribution is 0.626. The summed E-state index contributed by atoms with van der Waals surface area (Å²) in [5.41, 5.74) is 8.21. The number of anilines is 1. The van der Waals surface area contributed by atoms with Gasteiger partial charge in [-0.25, -0.2) is 0 Å². The van der Waals surface area contributed by atoms with E-state index in [-0.39, 0.29) is 6.04 Å². The molecule has 0 amide bonds. The Morgan fingerprint density at radius 3 is 2.40 bits per heavy atom. The van der Waals surface area contributed by atoms with Crippen molar-refractivity contribution in [3.63, 3.8) is 0 Å². The van der Waals surface area contributed by atoms with E-state index in [1.54, 1.807) is 0 Å². The van der Waals surface area contributed by atoms with Crippen LogP contribution in [0.2, 0.25) is 5.02 Å². The van der Waals surface area contributed by atoms with Crippen LogP contribution in [-0.2, 0) is 6.42 Å². The van der Waals surface area contributed by atoms with Gasteiger partial charge in [0.05, 0.1) is 10.7 Å². The highest BCUT2D eigenvalue weighted by atomic mass is 35.5.